The van der Waals surface area contributed by atoms with Gasteiger partial charge in [0.1, 0.15) is 5.60 Å². The van der Waals surface area contributed by atoms with Gasteiger partial charge >= 0.3 is 6.09 Å². The average molecular weight is 617 g/mol. The van der Waals surface area contributed by atoms with Gasteiger partial charge in [0.2, 0.25) is 11.8 Å². The smallest absolute Gasteiger partial charge is 0.412 e. The molecule has 1 saturated heterocycles. The van der Waals surface area contributed by atoms with E-state index in [2.05, 4.69) is 41.6 Å². The molecule has 3 amide bonds. The predicted octanol–water partition coefficient (Wildman–Crippen LogP) is 7.79. The first-order chi connectivity index (χ1) is 20.7. The first kappa shape index (κ1) is 32.8. The second-order valence-corrected chi connectivity index (χ2v) is 13.4. The predicted molar refractivity (Wildman–Crippen MR) is 178 cm³/mol. The average Bonchev–Trinajstić information content (AvgIpc) is 3.40. The third kappa shape index (κ3) is 9.18. The van der Waals surface area contributed by atoms with E-state index in [1.807, 2.05) is 24.3 Å². The van der Waals surface area contributed by atoms with Crippen molar-refractivity contribution in [3.63, 3.8) is 0 Å². The minimum Gasteiger partial charge on any atom is -0.444 e. The van der Waals surface area contributed by atoms with Gasteiger partial charge in [0, 0.05) is 41.3 Å². The highest BCUT2D eigenvalue weighted by atomic mass is 35.5. The maximum absolute atomic E-state index is 13.4. The van der Waals surface area contributed by atoms with E-state index < -0.39 is 11.7 Å². The number of rotatable bonds is 7. The molecular weight excluding hydrogens is 576 g/mol. The monoisotopic (exact) mass is 616 g/mol. The van der Waals surface area contributed by atoms with Crippen molar-refractivity contribution in [2.45, 2.75) is 58.6 Å². The number of carbonyl (C=O) groups excluding carboxylic acids is 3. The Hall–Kier alpha value is -4.14. The molecule has 0 radical (unpaired) electrons. The zero-order chi connectivity index (χ0) is 32.1. The van der Waals surface area contributed by atoms with Crippen LogP contribution in [0.3, 0.4) is 0 Å². The molecule has 2 atom stereocenters. The Morgan fingerprint density at radius 2 is 1.43 bits per heavy atom. The Balaban J connectivity index is 1.43. The van der Waals surface area contributed by atoms with Crippen molar-refractivity contribution in [1.82, 2.24) is 4.90 Å². The Morgan fingerprint density at radius 3 is 2.02 bits per heavy atom. The van der Waals surface area contributed by atoms with Gasteiger partial charge in [-0.1, -0.05) is 48.0 Å². The van der Waals surface area contributed by atoms with Crippen LogP contribution in [0.25, 0.3) is 6.08 Å². The van der Waals surface area contributed by atoms with Gasteiger partial charge < -0.3 is 15.4 Å². The first-order valence-corrected chi connectivity index (χ1v) is 15.1. The third-order valence-electron chi connectivity index (χ3n) is 7.33. The van der Waals surface area contributed by atoms with Crippen LogP contribution in [0.1, 0.15) is 58.6 Å². The summed E-state index contributed by atoms with van der Waals surface area (Å²) in [6, 6.07) is 22.0. The molecule has 44 heavy (non-hydrogen) atoms. The molecule has 0 bridgehead atoms. The van der Waals surface area contributed by atoms with Crippen LogP contribution in [0.5, 0.6) is 0 Å². The van der Waals surface area contributed by atoms with Crippen LogP contribution in [0.2, 0.25) is 5.02 Å². The highest BCUT2D eigenvalue weighted by molar-refractivity contribution is 6.30. The van der Waals surface area contributed by atoms with Gasteiger partial charge in [-0.05, 0) is 95.1 Å². The molecule has 0 spiro atoms. The summed E-state index contributed by atoms with van der Waals surface area (Å²) in [5, 5.41) is 9.17. The van der Waals surface area contributed by atoms with Crippen molar-refractivity contribution in [2.24, 2.45) is 5.92 Å². The fraction of sp³-hybridized carbons (Fsp3) is 0.343. The van der Waals surface area contributed by atoms with E-state index in [4.69, 9.17) is 16.3 Å². The summed E-state index contributed by atoms with van der Waals surface area (Å²) in [5.74, 6) is -0.586. The van der Waals surface area contributed by atoms with E-state index in [9.17, 15) is 14.4 Å². The molecule has 9 heteroatoms. The number of ether oxygens (including phenoxy) is 1. The lowest BCUT2D eigenvalue weighted by molar-refractivity contribution is -0.120. The molecule has 4 rings (SSSR count). The minimum absolute atomic E-state index is 0.0110. The zero-order valence-corrected chi connectivity index (χ0v) is 26.9. The number of amides is 3. The molecule has 0 saturated carbocycles. The van der Waals surface area contributed by atoms with Gasteiger partial charge in [-0.2, -0.15) is 0 Å². The van der Waals surface area contributed by atoms with Gasteiger partial charge in [-0.15, -0.1) is 0 Å². The number of carbonyl (C=O) groups is 3. The fourth-order valence-electron chi connectivity index (χ4n) is 5.04. The Morgan fingerprint density at radius 1 is 0.818 bits per heavy atom. The Bertz CT molecular complexity index is 1510. The lowest BCUT2D eigenvalue weighted by Gasteiger charge is -2.31. The fourth-order valence-corrected chi connectivity index (χ4v) is 5.16. The van der Waals surface area contributed by atoms with E-state index in [-0.39, 0.29) is 29.2 Å². The SMILES string of the molecule is CC(C)(C)OC(=O)Nc1ccccc1NC(=O)/C=C/c1ccc([C@H]2CN(C(C)(C)C)C[C@@H]2C(=O)Nc2ccc(Cl)cc2)cc1. The zero-order valence-electron chi connectivity index (χ0n) is 26.1. The van der Waals surface area contributed by atoms with Gasteiger partial charge in [-0.25, -0.2) is 4.79 Å². The summed E-state index contributed by atoms with van der Waals surface area (Å²) < 4.78 is 5.32. The summed E-state index contributed by atoms with van der Waals surface area (Å²) in [6.45, 7) is 13.2. The quantitative estimate of drug-likeness (QED) is 0.235. The van der Waals surface area contributed by atoms with Crippen molar-refractivity contribution in [1.29, 1.82) is 0 Å². The molecule has 1 aliphatic heterocycles. The topological polar surface area (TPSA) is 99.8 Å². The summed E-state index contributed by atoms with van der Waals surface area (Å²) in [5.41, 5.74) is 2.79. The van der Waals surface area contributed by atoms with Crippen LogP contribution in [0.4, 0.5) is 21.9 Å². The van der Waals surface area contributed by atoms with Crippen LogP contribution >= 0.6 is 11.6 Å². The molecule has 8 nitrogen and oxygen atoms in total. The first-order valence-electron chi connectivity index (χ1n) is 14.7. The summed E-state index contributed by atoms with van der Waals surface area (Å²) in [6.07, 6.45) is 2.56. The standard InChI is InChI=1S/C35H41ClN4O4/c1-34(2,3)40-21-27(28(22-40)32(42)37-26-18-16-25(36)17-19-26)24-14-11-23(12-15-24)13-20-31(41)38-29-9-7-8-10-30(29)39-33(43)44-35(4,5)6/h7-20,27-28H,21-22H2,1-6H3,(H,37,42)(H,38,41)(H,39,43)/b20-13+/t27-,28+/m1/s1. The number of hydrogen-bond donors (Lipinski definition) is 3. The largest absolute Gasteiger partial charge is 0.444 e. The third-order valence-corrected chi connectivity index (χ3v) is 7.58. The van der Waals surface area contributed by atoms with Crippen molar-refractivity contribution < 1.29 is 19.1 Å². The molecule has 3 aromatic rings. The molecule has 0 aromatic heterocycles. The van der Waals surface area contributed by atoms with Crippen LogP contribution in [-0.4, -0.2) is 47.0 Å². The molecule has 3 aromatic carbocycles. The highest BCUT2D eigenvalue weighted by Gasteiger charge is 2.42. The number of anilines is 3. The van der Waals surface area contributed by atoms with Crippen LogP contribution in [-0.2, 0) is 14.3 Å². The lowest BCUT2D eigenvalue weighted by Crippen LogP contribution is -2.40. The lowest BCUT2D eigenvalue weighted by atomic mass is 9.88. The van der Waals surface area contributed by atoms with Crippen molar-refractivity contribution in [3.05, 3.63) is 95.0 Å². The number of halogens is 1. The Kier molecular flexibility index (Phi) is 10.2. The molecule has 1 heterocycles. The molecule has 232 valence electrons. The highest BCUT2D eigenvalue weighted by Crippen LogP contribution is 2.37. The van der Waals surface area contributed by atoms with Gasteiger partial charge in [0.25, 0.3) is 0 Å². The van der Waals surface area contributed by atoms with Crippen molar-refractivity contribution >= 4 is 52.6 Å². The minimum atomic E-state index is -0.644. The molecular formula is C35H41ClN4O4. The number of likely N-dealkylation sites (tertiary alicyclic amines) is 1. The van der Waals surface area contributed by atoms with E-state index in [1.165, 1.54) is 6.08 Å². The number of nitrogens with zero attached hydrogens (tertiary/aromatic N) is 1. The van der Waals surface area contributed by atoms with Gasteiger partial charge in [0.05, 0.1) is 17.3 Å². The number of para-hydroxylation sites is 2. The maximum Gasteiger partial charge on any atom is 0.412 e. The molecule has 0 aliphatic carbocycles. The second kappa shape index (κ2) is 13.7. The van der Waals surface area contributed by atoms with E-state index in [1.54, 1.807) is 75.4 Å². The Labute approximate surface area is 264 Å². The number of hydrogen-bond acceptors (Lipinski definition) is 5. The van der Waals surface area contributed by atoms with E-state index >= 15 is 0 Å². The summed E-state index contributed by atoms with van der Waals surface area (Å²) in [7, 11) is 0. The molecule has 1 aliphatic rings. The van der Waals surface area contributed by atoms with Crippen LogP contribution in [0, 0.1) is 5.92 Å². The van der Waals surface area contributed by atoms with E-state index in [0.717, 1.165) is 23.4 Å². The van der Waals surface area contributed by atoms with Crippen LogP contribution in [0.15, 0.2) is 78.9 Å². The molecule has 3 N–H and O–H groups in total. The summed E-state index contributed by atoms with van der Waals surface area (Å²) in [4.78, 5) is 40.8. The van der Waals surface area contributed by atoms with Gasteiger partial charge in [0.15, 0.2) is 0 Å². The van der Waals surface area contributed by atoms with Crippen LogP contribution < -0.4 is 16.0 Å². The molecule has 1 fully saturated rings. The van der Waals surface area contributed by atoms with E-state index in [0.29, 0.717) is 22.9 Å². The maximum atomic E-state index is 13.4. The second-order valence-electron chi connectivity index (χ2n) is 12.9. The van der Waals surface area contributed by atoms with Crippen molar-refractivity contribution in [3.8, 4) is 0 Å². The molecule has 0 unspecified atom stereocenters. The normalized spacial score (nSPS) is 17.3. The number of nitrogens with one attached hydrogen (secondary N) is 3. The van der Waals surface area contributed by atoms with Crippen molar-refractivity contribution in [2.75, 3.05) is 29.0 Å². The van der Waals surface area contributed by atoms with Gasteiger partial charge in [-0.3, -0.25) is 19.8 Å². The number of benzene rings is 3. The summed E-state index contributed by atoms with van der Waals surface area (Å²) >= 11 is 6.01.